The van der Waals surface area contributed by atoms with Crippen molar-refractivity contribution in [1.29, 1.82) is 0 Å². The average Bonchev–Trinajstić information content (AvgIpc) is 2.80. The molecular weight excluding hydrogens is 268 g/mol. The number of nitrogens with two attached hydrogens (primary N) is 1. The van der Waals surface area contributed by atoms with Gasteiger partial charge in [-0.3, -0.25) is 0 Å². The monoisotopic (exact) mass is 286 g/mol. The molecule has 1 aromatic rings. The Hall–Kier alpha value is -0.690. The van der Waals surface area contributed by atoms with Gasteiger partial charge in [-0.2, -0.15) is 0 Å². The molecule has 4 nitrogen and oxygen atoms in total. The molecule has 0 spiro atoms. The van der Waals surface area contributed by atoms with Gasteiger partial charge in [0.1, 0.15) is 4.21 Å². The Morgan fingerprint density at radius 3 is 2.89 bits per heavy atom. The lowest BCUT2D eigenvalue weighted by atomic mass is 10.0. The van der Waals surface area contributed by atoms with Gasteiger partial charge in [-0.1, -0.05) is 12.2 Å². The standard InChI is InChI=1S/C12H18N2O2S2/c13-9-8-11-6-7-12(17-11)18(15,16)14-10-4-2-1-3-5-10/h1-2,6-7,10,14H,3-5,8-9,13H2. The van der Waals surface area contributed by atoms with Crippen LogP contribution in [0.15, 0.2) is 28.5 Å². The van der Waals surface area contributed by atoms with E-state index < -0.39 is 10.0 Å². The van der Waals surface area contributed by atoms with Gasteiger partial charge in [-0.15, -0.1) is 11.3 Å². The molecule has 2 rings (SSSR count). The van der Waals surface area contributed by atoms with Gasteiger partial charge in [0, 0.05) is 10.9 Å². The molecule has 1 aliphatic carbocycles. The number of allylic oxidation sites excluding steroid dienone is 1. The second kappa shape index (κ2) is 5.97. The Labute approximate surface area is 112 Å². The van der Waals surface area contributed by atoms with Gasteiger partial charge in [0.05, 0.1) is 0 Å². The normalized spacial score (nSPS) is 20.2. The van der Waals surface area contributed by atoms with E-state index in [4.69, 9.17) is 5.73 Å². The topological polar surface area (TPSA) is 72.2 Å². The maximum Gasteiger partial charge on any atom is 0.250 e. The van der Waals surface area contributed by atoms with Crippen molar-refractivity contribution in [2.24, 2.45) is 5.73 Å². The van der Waals surface area contributed by atoms with Gasteiger partial charge < -0.3 is 5.73 Å². The Kier molecular flexibility index (Phi) is 4.55. The summed E-state index contributed by atoms with van der Waals surface area (Å²) in [7, 11) is -3.36. The predicted octanol–water partition coefficient (Wildman–Crippen LogP) is 1.64. The molecule has 0 radical (unpaired) electrons. The van der Waals surface area contributed by atoms with E-state index in [2.05, 4.69) is 10.8 Å². The molecule has 0 fully saturated rings. The second-order valence-corrected chi connectivity index (χ2v) is 7.47. The van der Waals surface area contributed by atoms with Gasteiger partial charge in [0.2, 0.25) is 10.0 Å². The van der Waals surface area contributed by atoms with E-state index in [0.717, 1.165) is 30.6 Å². The zero-order chi connectivity index (χ0) is 13.0. The molecule has 0 aliphatic heterocycles. The maximum atomic E-state index is 12.2. The van der Waals surface area contributed by atoms with E-state index in [9.17, 15) is 8.42 Å². The third kappa shape index (κ3) is 3.41. The van der Waals surface area contributed by atoms with Crippen molar-refractivity contribution in [3.05, 3.63) is 29.2 Å². The Morgan fingerprint density at radius 2 is 2.22 bits per heavy atom. The minimum atomic E-state index is -3.36. The molecule has 1 aliphatic rings. The number of thiophene rings is 1. The summed E-state index contributed by atoms with van der Waals surface area (Å²) < 4.78 is 27.5. The van der Waals surface area contributed by atoms with Crippen molar-refractivity contribution in [3.8, 4) is 0 Å². The van der Waals surface area contributed by atoms with Crippen molar-refractivity contribution >= 4 is 21.4 Å². The van der Waals surface area contributed by atoms with Crippen LogP contribution >= 0.6 is 11.3 Å². The zero-order valence-electron chi connectivity index (χ0n) is 10.1. The predicted molar refractivity (Wildman–Crippen MR) is 74.2 cm³/mol. The van der Waals surface area contributed by atoms with Crippen LogP contribution in [-0.2, 0) is 16.4 Å². The number of sulfonamides is 1. The molecule has 0 saturated heterocycles. The fraction of sp³-hybridized carbons (Fsp3) is 0.500. The quantitative estimate of drug-likeness (QED) is 0.808. The molecule has 18 heavy (non-hydrogen) atoms. The SMILES string of the molecule is NCCc1ccc(S(=O)(=O)NC2CC=CCC2)s1. The minimum Gasteiger partial charge on any atom is -0.330 e. The highest BCUT2D eigenvalue weighted by atomic mass is 32.2. The Bertz CT molecular complexity index is 520. The van der Waals surface area contributed by atoms with E-state index in [0.29, 0.717) is 10.8 Å². The van der Waals surface area contributed by atoms with Gasteiger partial charge in [0.25, 0.3) is 0 Å². The molecule has 0 amide bonds. The first-order valence-electron chi connectivity index (χ1n) is 6.08. The summed E-state index contributed by atoms with van der Waals surface area (Å²) in [4.78, 5) is 1.02. The van der Waals surface area contributed by atoms with Crippen LogP contribution in [-0.4, -0.2) is 21.0 Å². The third-order valence-electron chi connectivity index (χ3n) is 2.88. The van der Waals surface area contributed by atoms with E-state index in [1.165, 1.54) is 11.3 Å². The molecule has 1 atom stereocenters. The Balaban J connectivity index is 2.07. The number of hydrogen-bond acceptors (Lipinski definition) is 4. The van der Waals surface area contributed by atoms with Crippen molar-refractivity contribution in [3.63, 3.8) is 0 Å². The van der Waals surface area contributed by atoms with Crippen LogP contribution in [0.2, 0.25) is 0 Å². The van der Waals surface area contributed by atoms with E-state index in [1.54, 1.807) is 6.07 Å². The molecule has 3 N–H and O–H groups in total. The van der Waals surface area contributed by atoms with Crippen LogP contribution in [0.3, 0.4) is 0 Å². The van der Waals surface area contributed by atoms with Crippen molar-refractivity contribution in [2.45, 2.75) is 35.9 Å². The Morgan fingerprint density at radius 1 is 1.39 bits per heavy atom. The molecule has 6 heteroatoms. The summed E-state index contributed by atoms with van der Waals surface area (Å²) >= 11 is 1.30. The maximum absolute atomic E-state index is 12.2. The summed E-state index contributed by atoms with van der Waals surface area (Å²) in [6.07, 6.45) is 7.44. The largest absolute Gasteiger partial charge is 0.330 e. The highest BCUT2D eigenvalue weighted by Crippen LogP contribution is 2.23. The van der Waals surface area contributed by atoms with Crippen LogP contribution < -0.4 is 10.5 Å². The lowest BCUT2D eigenvalue weighted by molar-refractivity contribution is 0.523. The van der Waals surface area contributed by atoms with Gasteiger partial charge in [-0.05, 0) is 44.4 Å². The first-order chi connectivity index (χ1) is 8.62. The van der Waals surface area contributed by atoms with Gasteiger partial charge in [0.15, 0.2) is 0 Å². The first-order valence-corrected chi connectivity index (χ1v) is 8.38. The average molecular weight is 286 g/mol. The molecule has 0 bridgehead atoms. The van der Waals surface area contributed by atoms with Crippen LogP contribution in [0.5, 0.6) is 0 Å². The van der Waals surface area contributed by atoms with Gasteiger partial charge in [-0.25, -0.2) is 13.1 Å². The molecule has 1 heterocycles. The molecule has 1 unspecified atom stereocenters. The summed E-state index contributed by atoms with van der Waals surface area (Å²) in [5.74, 6) is 0. The van der Waals surface area contributed by atoms with Crippen molar-refractivity contribution in [1.82, 2.24) is 4.72 Å². The third-order valence-corrected chi connectivity index (χ3v) is 6.04. The minimum absolute atomic E-state index is 0.0278. The first kappa shape index (κ1) is 13.7. The van der Waals surface area contributed by atoms with Crippen LogP contribution in [0, 0.1) is 0 Å². The molecular formula is C12H18N2O2S2. The molecule has 0 saturated carbocycles. The summed E-state index contributed by atoms with van der Waals surface area (Å²) in [5, 5.41) is 0. The number of rotatable bonds is 5. The summed E-state index contributed by atoms with van der Waals surface area (Å²) in [6, 6.07) is 3.53. The molecule has 0 aromatic carbocycles. The smallest absolute Gasteiger partial charge is 0.250 e. The van der Waals surface area contributed by atoms with Gasteiger partial charge >= 0.3 is 0 Å². The second-order valence-electron chi connectivity index (χ2n) is 4.36. The van der Waals surface area contributed by atoms with Crippen LogP contribution in [0.4, 0.5) is 0 Å². The highest BCUT2D eigenvalue weighted by molar-refractivity contribution is 7.91. The van der Waals surface area contributed by atoms with E-state index >= 15 is 0 Å². The van der Waals surface area contributed by atoms with Crippen LogP contribution in [0.1, 0.15) is 24.1 Å². The highest BCUT2D eigenvalue weighted by Gasteiger charge is 2.21. The fourth-order valence-corrected chi connectivity index (χ4v) is 4.63. The summed E-state index contributed by atoms with van der Waals surface area (Å²) in [5.41, 5.74) is 5.46. The van der Waals surface area contributed by atoms with Crippen molar-refractivity contribution in [2.75, 3.05) is 6.54 Å². The fourth-order valence-electron chi connectivity index (χ4n) is 1.96. The van der Waals surface area contributed by atoms with Crippen molar-refractivity contribution < 1.29 is 8.42 Å². The molecule has 100 valence electrons. The molecule has 1 aromatic heterocycles. The summed E-state index contributed by atoms with van der Waals surface area (Å²) in [6.45, 7) is 0.543. The van der Waals surface area contributed by atoms with Crippen LogP contribution in [0.25, 0.3) is 0 Å². The van der Waals surface area contributed by atoms with E-state index in [-0.39, 0.29) is 6.04 Å². The lowest BCUT2D eigenvalue weighted by Gasteiger charge is -2.18. The number of hydrogen-bond donors (Lipinski definition) is 2. The van der Waals surface area contributed by atoms with E-state index in [1.807, 2.05) is 12.1 Å². The number of nitrogens with one attached hydrogen (secondary N) is 1. The lowest BCUT2D eigenvalue weighted by Crippen LogP contribution is -2.34. The zero-order valence-corrected chi connectivity index (χ0v) is 11.8.